The number of hydrogen-bond acceptors (Lipinski definition) is 10. The molecule has 5 amide bonds. The molecule has 0 spiro atoms. The van der Waals surface area contributed by atoms with Gasteiger partial charge in [-0.15, -0.1) is 0 Å². The largest absolute Gasteiger partial charge is 0.469 e. The Morgan fingerprint density at radius 2 is 0.967 bits per heavy atom. The first-order valence-electron chi connectivity index (χ1n) is 20.7. The summed E-state index contributed by atoms with van der Waals surface area (Å²) in [6.45, 7) is 9.00. The minimum Gasteiger partial charge on any atom is -0.469 e. The number of amides is 5. The van der Waals surface area contributed by atoms with Gasteiger partial charge in [0.25, 0.3) is 0 Å². The molecule has 7 N–H and O–H groups in total. The van der Waals surface area contributed by atoms with E-state index in [1.54, 1.807) is 36.4 Å². The van der Waals surface area contributed by atoms with Gasteiger partial charge in [0.05, 0.1) is 44.2 Å². The van der Waals surface area contributed by atoms with E-state index in [1.807, 2.05) is 82.3 Å². The van der Waals surface area contributed by atoms with Crippen molar-refractivity contribution in [1.82, 2.24) is 26.6 Å². The lowest BCUT2D eigenvalue weighted by molar-refractivity contribution is -0.144. The van der Waals surface area contributed by atoms with Crippen molar-refractivity contribution in [2.45, 2.75) is 122 Å². The van der Waals surface area contributed by atoms with Gasteiger partial charge in [-0.25, -0.2) is 4.79 Å². The predicted octanol–water partition coefficient (Wildman–Crippen LogP) is 3.49. The van der Waals surface area contributed by atoms with Crippen LogP contribution in [0.5, 0.6) is 0 Å². The Morgan fingerprint density at radius 3 is 1.44 bits per heavy atom. The number of aliphatic hydroxyl groups is 2. The van der Waals surface area contributed by atoms with Crippen molar-refractivity contribution in [2.75, 3.05) is 7.11 Å². The van der Waals surface area contributed by atoms with Crippen molar-refractivity contribution < 1.29 is 48.5 Å². The third kappa shape index (κ3) is 18.6. The van der Waals surface area contributed by atoms with Crippen LogP contribution in [0.2, 0.25) is 0 Å². The molecular weight excluding hydrogens is 783 g/mol. The van der Waals surface area contributed by atoms with Crippen molar-refractivity contribution in [3.63, 3.8) is 0 Å². The Morgan fingerprint density at radius 1 is 0.541 bits per heavy atom. The van der Waals surface area contributed by atoms with Gasteiger partial charge in [-0.2, -0.15) is 0 Å². The fourth-order valence-corrected chi connectivity index (χ4v) is 6.62. The lowest BCUT2D eigenvalue weighted by atomic mass is 9.95. The maximum atomic E-state index is 14.2. The third-order valence-corrected chi connectivity index (χ3v) is 9.82. The van der Waals surface area contributed by atoms with E-state index in [4.69, 9.17) is 4.74 Å². The van der Waals surface area contributed by atoms with Crippen molar-refractivity contribution in [3.8, 4) is 0 Å². The van der Waals surface area contributed by atoms with Crippen molar-refractivity contribution in [3.05, 3.63) is 108 Å². The fraction of sp³-hybridized carbons (Fsp3) is 0.478. The first-order chi connectivity index (χ1) is 29.0. The van der Waals surface area contributed by atoms with Crippen LogP contribution in [0.25, 0.3) is 0 Å². The normalized spacial score (nSPS) is 14.6. The summed E-state index contributed by atoms with van der Waals surface area (Å²) < 4.78 is 10.1. The first kappa shape index (κ1) is 49.6. The Labute approximate surface area is 358 Å². The Hall–Kier alpha value is -5.80. The van der Waals surface area contributed by atoms with E-state index < -0.39 is 84.5 Å². The number of methoxy groups -OCH3 is 1. The molecule has 3 aromatic rings. The molecule has 3 rings (SSSR count). The molecule has 0 aromatic heterocycles. The Kier molecular flexibility index (Phi) is 20.9. The highest BCUT2D eigenvalue weighted by Gasteiger charge is 2.33. The van der Waals surface area contributed by atoms with Crippen LogP contribution in [0.4, 0.5) is 4.79 Å². The minimum atomic E-state index is -1.39. The van der Waals surface area contributed by atoms with Crippen molar-refractivity contribution >= 4 is 35.7 Å². The van der Waals surface area contributed by atoms with Crippen LogP contribution in [-0.4, -0.2) is 95.4 Å². The van der Waals surface area contributed by atoms with Crippen LogP contribution in [0.1, 0.15) is 77.0 Å². The van der Waals surface area contributed by atoms with E-state index in [0.29, 0.717) is 6.42 Å². The van der Waals surface area contributed by atoms with Gasteiger partial charge in [0.15, 0.2) is 0 Å². The highest BCUT2D eigenvalue weighted by Crippen LogP contribution is 2.15. The van der Waals surface area contributed by atoms with E-state index >= 15 is 0 Å². The molecule has 0 fully saturated rings. The summed E-state index contributed by atoms with van der Waals surface area (Å²) in [6, 6.07) is 22.1. The lowest BCUT2D eigenvalue weighted by Gasteiger charge is -2.29. The van der Waals surface area contributed by atoms with Gasteiger partial charge in [-0.1, -0.05) is 119 Å². The zero-order valence-corrected chi connectivity index (χ0v) is 36.0. The smallest absolute Gasteiger partial charge is 0.408 e. The number of aliphatic hydroxyl groups excluding tert-OH is 2. The molecule has 3 aromatic carbocycles. The molecule has 0 heterocycles. The Bertz CT molecular complexity index is 1830. The number of hydrogen-bond donors (Lipinski definition) is 7. The lowest BCUT2D eigenvalue weighted by Crippen LogP contribution is -2.57. The monoisotopic (exact) mass is 845 g/mol. The second-order valence-corrected chi connectivity index (χ2v) is 16.1. The quantitative estimate of drug-likeness (QED) is 0.0651. The number of benzene rings is 3. The summed E-state index contributed by atoms with van der Waals surface area (Å²) in [5.41, 5.74) is 2.25. The molecule has 0 saturated heterocycles. The molecule has 61 heavy (non-hydrogen) atoms. The maximum Gasteiger partial charge on any atom is 0.408 e. The average Bonchev–Trinajstić information content (AvgIpc) is 3.22. The van der Waals surface area contributed by atoms with E-state index in [2.05, 4.69) is 31.3 Å². The second-order valence-electron chi connectivity index (χ2n) is 16.1. The van der Waals surface area contributed by atoms with Gasteiger partial charge in [-0.3, -0.25) is 24.0 Å². The van der Waals surface area contributed by atoms with Gasteiger partial charge in [0, 0.05) is 12.8 Å². The van der Waals surface area contributed by atoms with Crippen LogP contribution in [0, 0.1) is 11.8 Å². The molecule has 0 saturated carbocycles. The van der Waals surface area contributed by atoms with Gasteiger partial charge in [0.2, 0.25) is 23.6 Å². The Balaban J connectivity index is 1.75. The molecule has 332 valence electrons. The van der Waals surface area contributed by atoms with E-state index in [1.165, 1.54) is 14.0 Å². The number of carbonyl (C=O) groups is 6. The summed E-state index contributed by atoms with van der Waals surface area (Å²) in [5.74, 6) is -3.15. The number of alkyl carbamates (subject to hydrolysis) is 1. The van der Waals surface area contributed by atoms with Crippen molar-refractivity contribution in [2.24, 2.45) is 11.8 Å². The fourth-order valence-electron chi connectivity index (χ4n) is 6.62. The number of nitrogens with one attached hydrogen (secondary N) is 5. The second kappa shape index (κ2) is 25.7. The van der Waals surface area contributed by atoms with Gasteiger partial charge >= 0.3 is 12.1 Å². The molecule has 0 aliphatic heterocycles. The summed E-state index contributed by atoms with van der Waals surface area (Å²) in [6.07, 6.45) is -3.43. The van der Waals surface area contributed by atoms with Gasteiger partial charge < -0.3 is 46.3 Å². The van der Waals surface area contributed by atoms with Crippen LogP contribution in [-0.2, 0) is 52.9 Å². The molecule has 0 bridgehead atoms. The van der Waals surface area contributed by atoms with Gasteiger partial charge in [0.1, 0.15) is 24.7 Å². The van der Waals surface area contributed by atoms with Gasteiger partial charge in [-0.05, 0) is 48.3 Å². The molecular formula is C46H63N5O10. The molecule has 15 nitrogen and oxygen atoms in total. The SMILES string of the molecule is COC(=O)C[C@H](O)[C@H](CC(C)C)NC(=O)[C@H](C)NC(=O)C[C@H](O)[C@H](CC(C)C)NC(=O)[C@H](Cc1ccccc1)NC(=O)[C@H](Cc1ccccc1)NC(=O)OCc1ccccc1. The first-order valence-corrected chi connectivity index (χ1v) is 20.7. The summed E-state index contributed by atoms with van der Waals surface area (Å²) in [5, 5.41) is 35.6. The summed E-state index contributed by atoms with van der Waals surface area (Å²) in [7, 11) is 1.20. The zero-order valence-electron chi connectivity index (χ0n) is 36.0. The maximum absolute atomic E-state index is 14.2. The van der Waals surface area contributed by atoms with Crippen LogP contribution in [0.3, 0.4) is 0 Å². The number of esters is 1. The standard InChI is InChI=1S/C46H63N5O10/c1-29(2)22-35(39(52)26-41(54)47-31(5)43(56)48-36(23-30(3)4)40(53)27-42(55)60-6)49-44(57)37(24-32-16-10-7-11-17-32)50-45(58)38(25-33-18-12-8-13-19-33)51-46(59)61-28-34-20-14-9-15-21-34/h7-21,29-31,35-40,52-53H,22-28H2,1-6H3,(H,47,54)(H,48,56)(H,49,57)(H,50,58)(H,51,59)/t31-,35-,36-,37-,38-,39-,40-/m0/s1. The van der Waals surface area contributed by atoms with E-state index in [9.17, 15) is 39.0 Å². The van der Waals surface area contributed by atoms with Crippen LogP contribution in [0.15, 0.2) is 91.0 Å². The van der Waals surface area contributed by atoms with Crippen LogP contribution >= 0.6 is 0 Å². The molecule has 0 aliphatic rings. The minimum absolute atomic E-state index is 0.0174. The highest BCUT2D eigenvalue weighted by molar-refractivity contribution is 5.92. The predicted molar refractivity (Wildman–Crippen MR) is 229 cm³/mol. The zero-order chi connectivity index (χ0) is 44.9. The van der Waals surface area contributed by atoms with E-state index in [-0.39, 0.29) is 44.1 Å². The summed E-state index contributed by atoms with van der Waals surface area (Å²) in [4.78, 5) is 79.3. The molecule has 0 unspecified atom stereocenters. The molecule has 15 heteroatoms. The summed E-state index contributed by atoms with van der Waals surface area (Å²) >= 11 is 0. The van der Waals surface area contributed by atoms with Crippen LogP contribution < -0.4 is 26.6 Å². The molecule has 0 radical (unpaired) electrons. The topological polar surface area (TPSA) is 221 Å². The molecule has 7 atom stereocenters. The highest BCUT2D eigenvalue weighted by atomic mass is 16.5. The number of carbonyl (C=O) groups excluding carboxylic acids is 6. The van der Waals surface area contributed by atoms with E-state index in [0.717, 1.165) is 16.7 Å². The third-order valence-electron chi connectivity index (χ3n) is 9.82. The van der Waals surface area contributed by atoms with Crippen molar-refractivity contribution in [1.29, 1.82) is 0 Å². The number of ether oxygens (including phenoxy) is 2. The molecule has 0 aliphatic carbocycles. The average molecular weight is 846 g/mol. The number of rotatable bonds is 24.